The molecular formula is C23H25ClN2O2. The van der Waals surface area contributed by atoms with E-state index < -0.39 is 0 Å². The van der Waals surface area contributed by atoms with Crippen LogP contribution in [-0.4, -0.2) is 48.2 Å². The minimum absolute atomic E-state index is 0.0205. The quantitative estimate of drug-likeness (QED) is 0.748. The van der Waals surface area contributed by atoms with Crippen molar-refractivity contribution >= 4 is 17.7 Å². The molecule has 2 aromatic carbocycles. The number of carbonyl (C=O) groups is 1. The van der Waals surface area contributed by atoms with Crippen LogP contribution in [0.15, 0.2) is 48.5 Å². The number of hydrogen-bond donors (Lipinski definition) is 0. The van der Waals surface area contributed by atoms with Gasteiger partial charge in [0.15, 0.2) is 0 Å². The lowest BCUT2D eigenvalue weighted by Crippen LogP contribution is -2.53. The molecule has 6 rings (SSSR count). The number of hydrogen-bond acceptors (Lipinski definition) is 3. The van der Waals surface area contributed by atoms with E-state index in [1.54, 1.807) is 0 Å². The Bertz CT molecular complexity index is 878. The topological polar surface area (TPSA) is 32.8 Å². The van der Waals surface area contributed by atoms with E-state index in [2.05, 4.69) is 23.1 Å². The number of piperidine rings is 3. The molecule has 28 heavy (non-hydrogen) atoms. The lowest BCUT2D eigenvalue weighted by molar-refractivity contribution is -0.0462. The molecule has 0 aliphatic carbocycles. The van der Waals surface area contributed by atoms with E-state index in [1.807, 2.05) is 35.2 Å². The lowest BCUT2D eigenvalue weighted by atomic mass is 9.86. The van der Waals surface area contributed by atoms with E-state index in [0.29, 0.717) is 17.5 Å². The predicted molar refractivity (Wildman–Crippen MR) is 110 cm³/mol. The maximum absolute atomic E-state index is 13.3. The van der Waals surface area contributed by atoms with Gasteiger partial charge in [0.05, 0.1) is 6.04 Å². The van der Waals surface area contributed by atoms with E-state index in [1.165, 1.54) is 11.1 Å². The number of amides is 1. The Morgan fingerprint density at radius 2 is 1.86 bits per heavy atom. The number of rotatable bonds is 2. The molecule has 0 saturated carbocycles. The Labute approximate surface area is 171 Å². The van der Waals surface area contributed by atoms with Crippen LogP contribution in [0.4, 0.5) is 4.79 Å². The normalized spacial score (nSPS) is 28.7. The molecule has 2 aromatic rings. The minimum atomic E-state index is -0.196. The van der Waals surface area contributed by atoms with Gasteiger partial charge in [-0.15, -0.1) is 0 Å². The van der Waals surface area contributed by atoms with Crippen molar-refractivity contribution in [1.82, 2.24) is 9.80 Å². The van der Waals surface area contributed by atoms with Gasteiger partial charge >= 0.3 is 6.09 Å². The number of nitrogens with zero attached hydrogens (tertiary/aromatic N) is 2. The molecule has 0 aromatic heterocycles. The first-order valence-corrected chi connectivity index (χ1v) is 10.6. The first-order chi connectivity index (χ1) is 13.7. The zero-order valence-corrected chi connectivity index (χ0v) is 16.6. The fourth-order valence-corrected chi connectivity index (χ4v) is 5.24. The maximum atomic E-state index is 13.3. The van der Waals surface area contributed by atoms with Crippen LogP contribution in [0.5, 0.6) is 0 Å². The van der Waals surface area contributed by atoms with Crippen molar-refractivity contribution in [2.45, 2.75) is 31.4 Å². The molecular weight excluding hydrogens is 372 g/mol. The van der Waals surface area contributed by atoms with Crippen molar-refractivity contribution < 1.29 is 9.53 Å². The third kappa shape index (κ3) is 3.29. The highest BCUT2D eigenvalue weighted by Crippen LogP contribution is 2.37. The van der Waals surface area contributed by atoms with Crippen LogP contribution >= 0.6 is 11.6 Å². The summed E-state index contributed by atoms with van der Waals surface area (Å²) < 4.78 is 6.07. The molecule has 5 heteroatoms. The molecule has 1 amide bonds. The maximum Gasteiger partial charge on any atom is 0.410 e. The zero-order chi connectivity index (χ0) is 19.1. The Hall–Kier alpha value is -2.04. The molecule has 3 saturated heterocycles. The van der Waals surface area contributed by atoms with Gasteiger partial charge in [-0.25, -0.2) is 4.79 Å². The summed E-state index contributed by atoms with van der Waals surface area (Å²) >= 11 is 6.28. The Kier molecular flexibility index (Phi) is 4.77. The molecule has 2 atom stereocenters. The first-order valence-electron chi connectivity index (χ1n) is 10.2. The molecule has 0 spiro atoms. The summed E-state index contributed by atoms with van der Waals surface area (Å²) in [6.45, 7) is 3.82. The van der Waals surface area contributed by atoms with Gasteiger partial charge < -0.3 is 4.74 Å². The Balaban J connectivity index is 1.44. The smallest absolute Gasteiger partial charge is 0.410 e. The van der Waals surface area contributed by atoms with Gasteiger partial charge in [-0.2, -0.15) is 0 Å². The second kappa shape index (κ2) is 7.41. The van der Waals surface area contributed by atoms with Crippen molar-refractivity contribution in [1.29, 1.82) is 0 Å². The van der Waals surface area contributed by atoms with E-state index in [9.17, 15) is 4.79 Å². The van der Waals surface area contributed by atoms with E-state index in [0.717, 1.165) is 44.5 Å². The molecule has 4 heterocycles. The lowest BCUT2D eigenvalue weighted by Gasteiger charge is -2.45. The van der Waals surface area contributed by atoms with Crippen LogP contribution in [-0.2, 0) is 11.2 Å². The van der Waals surface area contributed by atoms with E-state index in [-0.39, 0.29) is 18.2 Å². The summed E-state index contributed by atoms with van der Waals surface area (Å²) in [5.41, 5.74) is 3.49. The molecule has 4 nitrogen and oxygen atoms in total. The van der Waals surface area contributed by atoms with E-state index in [4.69, 9.17) is 16.3 Å². The second-order valence-electron chi connectivity index (χ2n) is 8.16. The molecule has 2 bridgehead atoms. The third-order valence-electron chi connectivity index (χ3n) is 6.53. The molecule has 146 valence electrons. The molecule has 3 fully saturated rings. The monoisotopic (exact) mass is 396 g/mol. The van der Waals surface area contributed by atoms with Crippen LogP contribution < -0.4 is 0 Å². The number of ether oxygens (including phenoxy) is 1. The van der Waals surface area contributed by atoms with Crippen molar-refractivity contribution in [2.75, 3.05) is 26.2 Å². The van der Waals surface area contributed by atoms with Crippen molar-refractivity contribution in [3.05, 3.63) is 70.2 Å². The van der Waals surface area contributed by atoms with Gasteiger partial charge in [-0.3, -0.25) is 9.80 Å². The van der Waals surface area contributed by atoms with Gasteiger partial charge in [0.25, 0.3) is 0 Å². The van der Waals surface area contributed by atoms with Gasteiger partial charge in [0.2, 0.25) is 0 Å². The number of benzene rings is 2. The Morgan fingerprint density at radius 1 is 1.04 bits per heavy atom. The van der Waals surface area contributed by atoms with Crippen LogP contribution in [0, 0.1) is 5.92 Å². The summed E-state index contributed by atoms with van der Waals surface area (Å²) in [6, 6.07) is 16.1. The van der Waals surface area contributed by atoms with Gasteiger partial charge in [-0.05, 0) is 67.1 Å². The number of halogens is 1. The highest BCUT2D eigenvalue weighted by Gasteiger charge is 2.39. The zero-order valence-electron chi connectivity index (χ0n) is 15.9. The SMILES string of the molecule is O=C(O[C@@H]1CN2CCC1CC2)N1CCc2ccccc2[C@@H]1c1cccc(Cl)c1. The van der Waals surface area contributed by atoms with Gasteiger partial charge in [-0.1, -0.05) is 48.0 Å². The molecule has 0 N–H and O–H groups in total. The summed E-state index contributed by atoms with van der Waals surface area (Å²) in [5.74, 6) is 0.510. The average Bonchev–Trinajstić information content (AvgIpc) is 2.73. The van der Waals surface area contributed by atoms with Gasteiger partial charge in [0, 0.05) is 18.1 Å². The molecule has 4 aliphatic heterocycles. The summed E-state index contributed by atoms with van der Waals surface area (Å²) in [4.78, 5) is 17.6. The highest BCUT2D eigenvalue weighted by molar-refractivity contribution is 6.30. The number of fused-ring (bicyclic) bond motifs is 4. The third-order valence-corrected chi connectivity index (χ3v) is 6.77. The molecule has 0 radical (unpaired) electrons. The molecule has 0 unspecified atom stereocenters. The average molecular weight is 397 g/mol. The van der Waals surface area contributed by atoms with Crippen molar-refractivity contribution in [3.63, 3.8) is 0 Å². The molecule has 4 aliphatic rings. The largest absolute Gasteiger partial charge is 0.444 e. The number of carbonyl (C=O) groups excluding carboxylic acids is 1. The minimum Gasteiger partial charge on any atom is -0.444 e. The fourth-order valence-electron chi connectivity index (χ4n) is 5.04. The van der Waals surface area contributed by atoms with Crippen LogP contribution in [0.25, 0.3) is 0 Å². The van der Waals surface area contributed by atoms with Crippen LogP contribution in [0.2, 0.25) is 5.02 Å². The van der Waals surface area contributed by atoms with Crippen LogP contribution in [0.1, 0.15) is 35.6 Å². The Morgan fingerprint density at radius 3 is 2.61 bits per heavy atom. The summed E-state index contributed by atoms with van der Waals surface area (Å²) in [5, 5.41) is 0.686. The van der Waals surface area contributed by atoms with Crippen LogP contribution in [0.3, 0.4) is 0 Å². The first kappa shape index (κ1) is 18.0. The second-order valence-corrected chi connectivity index (χ2v) is 8.60. The fraction of sp³-hybridized carbons (Fsp3) is 0.435. The van der Waals surface area contributed by atoms with Crippen molar-refractivity contribution in [2.24, 2.45) is 5.92 Å². The predicted octanol–water partition coefficient (Wildman–Crippen LogP) is 4.52. The van der Waals surface area contributed by atoms with Gasteiger partial charge in [0.1, 0.15) is 6.10 Å². The standard InChI is InChI=1S/C23H25ClN2O2/c24-19-6-3-5-18(14-19)22-20-7-2-1-4-16(20)10-13-26(22)23(27)28-21-15-25-11-8-17(21)9-12-25/h1-7,14,17,21-22H,8-13,15H2/t21-,22+/m1/s1. The highest BCUT2D eigenvalue weighted by atomic mass is 35.5. The van der Waals surface area contributed by atoms with E-state index >= 15 is 0 Å². The summed E-state index contributed by atoms with van der Waals surface area (Å²) in [7, 11) is 0. The summed E-state index contributed by atoms with van der Waals surface area (Å²) in [6.07, 6.45) is 2.95. The van der Waals surface area contributed by atoms with Crippen molar-refractivity contribution in [3.8, 4) is 0 Å².